The highest BCUT2D eigenvalue weighted by Gasteiger charge is 2.49. The van der Waals surface area contributed by atoms with Gasteiger partial charge in [-0.05, 0) is 69.9 Å². The zero-order valence-electron chi connectivity index (χ0n) is 18.2. The molecule has 6 nitrogen and oxygen atoms in total. The molecule has 160 valence electrons. The third-order valence-electron chi connectivity index (χ3n) is 6.21. The number of nitrogens with zero attached hydrogens (tertiary/aromatic N) is 2. The van der Waals surface area contributed by atoms with Crippen LogP contribution < -0.4 is 9.47 Å². The van der Waals surface area contributed by atoms with E-state index in [9.17, 15) is 4.79 Å². The summed E-state index contributed by atoms with van der Waals surface area (Å²) in [5.41, 5.74) is 1.72. The molecular weight excluding hydrogens is 380 g/mol. The van der Waals surface area contributed by atoms with E-state index in [2.05, 4.69) is 41.9 Å². The van der Waals surface area contributed by atoms with Crippen molar-refractivity contribution in [2.45, 2.75) is 37.6 Å². The molecular formula is C24H30N2O4. The summed E-state index contributed by atoms with van der Waals surface area (Å²) in [6, 6.07) is 6.43. The van der Waals surface area contributed by atoms with Crippen LogP contribution in [0.25, 0.3) is 0 Å². The number of methoxy groups -OCH3 is 2. The Bertz CT molecular complexity index is 902. The number of rotatable bonds is 7. The summed E-state index contributed by atoms with van der Waals surface area (Å²) < 4.78 is 16.6. The lowest BCUT2D eigenvalue weighted by molar-refractivity contribution is -0.135. The van der Waals surface area contributed by atoms with Gasteiger partial charge in [-0.2, -0.15) is 0 Å². The fraction of sp³-hybridized carbons (Fsp3) is 0.417. The molecule has 0 bridgehead atoms. The SMILES string of the molecule is C=N/C=C\C=C(/C)C(=O)OC1=CCC2(c3ccc(OC)c(OC)c3)CCN(C)C2C1. The van der Waals surface area contributed by atoms with Crippen molar-refractivity contribution in [3.8, 4) is 11.5 Å². The standard InChI is InChI=1S/C24H30N2O4/c1-17(7-6-13-25-2)23(27)30-19-10-11-24(12-14-26(3)22(24)16-19)18-8-9-20(28-4)21(15-18)29-5/h6-10,13,15,22H,2,11-12,14,16H2,1,3-5H3/b13-6-,17-7+. The minimum absolute atomic E-state index is 0.0343. The first kappa shape index (κ1) is 21.8. The molecule has 0 radical (unpaired) electrons. The summed E-state index contributed by atoms with van der Waals surface area (Å²) in [7, 11) is 5.44. The van der Waals surface area contributed by atoms with Crippen LogP contribution in [0, 0.1) is 0 Å². The van der Waals surface area contributed by atoms with Gasteiger partial charge in [0.1, 0.15) is 5.76 Å². The van der Waals surface area contributed by atoms with Crippen molar-refractivity contribution >= 4 is 12.7 Å². The van der Waals surface area contributed by atoms with E-state index in [-0.39, 0.29) is 17.4 Å². The number of fused-ring (bicyclic) bond motifs is 1. The first-order chi connectivity index (χ1) is 14.4. The number of aliphatic imine (C=N–C) groups is 1. The molecule has 1 fully saturated rings. The fourth-order valence-electron chi connectivity index (χ4n) is 4.48. The van der Waals surface area contributed by atoms with Crippen molar-refractivity contribution in [1.82, 2.24) is 4.90 Å². The fourth-order valence-corrected chi connectivity index (χ4v) is 4.48. The number of carbonyl (C=O) groups excluding carboxylic acids is 1. The molecule has 0 spiro atoms. The number of ether oxygens (including phenoxy) is 3. The molecule has 0 N–H and O–H groups in total. The van der Waals surface area contributed by atoms with E-state index in [1.165, 1.54) is 11.8 Å². The molecule has 2 aliphatic rings. The second kappa shape index (κ2) is 9.30. The van der Waals surface area contributed by atoms with E-state index in [1.807, 2.05) is 6.07 Å². The van der Waals surface area contributed by atoms with Gasteiger partial charge in [-0.3, -0.25) is 4.99 Å². The van der Waals surface area contributed by atoms with Crippen molar-refractivity contribution < 1.29 is 19.0 Å². The Labute approximate surface area is 178 Å². The van der Waals surface area contributed by atoms with Crippen LogP contribution in [0.3, 0.4) is 0 Å². The smallest absolute Gasteiger partial charge is 0.338 e. The van der Waals surface area contributed by atoms with Crippen LogP contribution in [0.4, 0.5) is 0 Å². The van der Waals surface area contributed by atoms with Gasteiger partial charge < -0.3 is 19.1 Å². The molecule has 0 saturated carbocycles. The third-order valence-corrected chi connectivity index (χ3v) is 6.21. The quantitative estimate of drug-likeness (QED) is 0.294. The second-order valence-electron chi connectivity index (χ2n) is 7.81. The van der Waals surface area contributed by atoms with Gasteiger partial charge in [0.25, 0.3) is 0 Å². The predicted octanol–water partition coefficient (Wildman–Crippen LogP) is 4.03. The minimum Gasteiger partial charge on any atom is -0.493 e. The van der Waals surface area contributed by atoms with Crippen molar-refractivity contribution in [3.63, 3.8) is 0 Å². The maximum atomic E-state index is 12.4. The molecule has 1 aliphatic carbocycles. The van der Waals surface area contributed by atoms with Crippen LogP contribution in [-0.4, -0.2) is 51.4 Å². The normalized spacial score (nSPS) is 24.3. The molecule has 1 heterocycles. The number of carbonyl (C=O) groups is 1. The van der Waals surface area contributed by atoms with Gasteiger partial charge in [0.05, 0.1) is 14.2 Å². The number of hydrogen-bond donors (Lipinski definition) is 0. The zero-order valence-corrected chi connectivity index (χ0v) is 18.2. The highest BCUT2D eigenvalue weighted by atomic mass is 16.5. The summed E-state index contributed by atoms with van der Waals surface area (Å²) in [5, 5.41) is 0. The van der Waals surface area contributed by atoms with Gasteiger partial charge in [-0.1, -0.05) is 12.1 Å². The van der Waals surface area contributed by atoms with Gasteiger partial charge in [0, 0.05) is 29.7 Å². The summed E-state index contributed by atoms with van der Waals surface area (Å²) >= 11 is 0. The Morgan fingerprint density at radius 1 is 1.30 bits per heavy atom. The summed E-state index contributed by atoms with van der Waals surface area (Å²) in [6.07, 6.45) is 9.48. The van der Waals surface area contributed by atoms with Crippen LogP contribution in [0.5, 0.6) is 11.5 Å². The van der Waals surface area contributed by atoms with E-state index >= 15 is 0 Å². The summed E-state index contributed by atoms with van der Waals surface area (Å²) in [4.78, 5) is 18.4. The Hall–Kier alpha value is -2.86. The Morgan fingerprint density at radius 2 is 2.07 bits per heavy atom. The number of hydrogen-bond acceptors (Lipinski definition) is 6. The molecule has 2 atom stereocenters. The monoisotopic (exact) mass is 410 g/mol. The van der Waals surface area contributed by atoms with Crippen LogP contribution in [0.15, 0.2) is 59.0 Å². The van der Waals surface area contributed by atoms with E-state index in [4.69, 9.17) is 14.2 Å². The van der Waals surface area contributed by atoms with Crippen molar-refractivity contribution in [3.05, 3.63) is 59.5 Å². The highest BCUT2D eigenvalue weighted by Crippen LogP contribution is 2.49. The van der Waals surface area contributed by atoms with Gasteiger partial charge in [-0.15, -0.1) is 0 Å². The number of benzene rings is 1. The average Bonchev–Trinajstić information content (AvgIpc) is 3.10. The van der Waals surface area contributed by atoms with Crippen molar-refractivity contribution in [1.29, 1.82) is 0 Å². The number of likely N-dealkylation sites (tertiary alicyclic amines) is 1. The molecule has 1 aromatic rings. The zero-order chi connectivity index (χ0) is 21.7. The lowest BCUT2D eigenvalue weighted by Gasteiger charge is -2.40. The third kappa shape index (κ3) is 4.19. The maximum Gasteiger partial charge on any atom is 0.338 e. The van der Waals surface area contributed by atoms with E-state index < -0.39 is 0 Å². The molecule has 0 amide bonds. The van der Waals surface area contributed by atoms with Crippen LogP contribution >= 0.6 is 0 Å². The summed E-state index contributed by atoms with van der Waals surface area (Å²) in [5.74, 6) is 1.86. The topological polar surface area (TPSA) is 60.4 Å². The van der Waals surface area contributed by atoms with E-state index in [0.717, 1.165) is 36.6 Å². The molecule has 1 aliphatic heterocycles. The van der Waals surface area contributed by atoms with Crippen LogP contribution in [-0.2, 0) is 14.9 Å². The number of esters is 1. The lowest BCUT2D eigenvalue weighted by atomic mass is 9.68. The van der Waals surface area contributed by atoms with Crippen LogP contribution in [0.1, 0.15) is 31.7 Å². The molecule has 30 heavy (non-hydrogen) atoms. The molecule has 3 rings (SSSR count). The molecule has 2 unspecified atom stereocenters. The predicted molar refractivity (Wildman–Crippen MR) is 118 cm³/mol. The van der Waals surface area contributed by atoms with Gasteiger partial charge >= 0.3 is 5.97 Å². The Morgan fingerprint density at radius 3 is 2.77 bits per heavy atom. The van der Waals surface area contributed by atoms with Crippen molar-refractivity contribution in [2.75, 3.05) is 27.8 Å². The first-order valence-electron chi connectivity index (χ1n) is 10.1. The Kier molecular flexibility index (Phi) is 6.77. The number of likely N-dealkylation sites (N-methyl/N-ethyl adjacent to an activating group) is 1. The van der Waals surface area contributed by atoms with Gasteiger partial charge in [0.2, 0.25) is 0 Å². The largest absolute Gasteiger partial charge is 0.493 e. The second-order valence-corrected chi connectivity index (χ2v) is 7.81. The van der Waals surface area contributed by atoms with E-state index in [0.29, 0.717) is 12.0 Å². The van der Waals surface area contributed by atoms with E-state index in [1.54, 1.807) is 33.3 Å². The van der Waals surface area contributed by atoms with Crippen LogP contribution in [0.2, 0.25) is 0 Å². The van der Waals surface area contributed by atoms with Gasteiger partial charge in [-0.25, -0.2) is 4.79 Å². The first-order valence-corrected chi connectivity index (χ1v) is 10.1. The lowest BCUT2D eigenvalue weighted by Crippen LogP contribution is -2.43. The maximum absolute atomic E-state index is 12.4. The molecule has 1 saturated heterocycles. The van der Waals surface area contributed by atoms with Crippen molar-refractivity contribution in [2.24, 2.45) is 4.99 Å². The highest BCUT2D eigenvalue weighted by molar-refractivity contribution is 5.88. The minimum atomic E-state index is -0.339. The number of allylic oxidation sites excluding steroid dienone is 3. The average molecular weight is 411 g/mol. The van der Waals surface area contributed by atoms with Gasteiger partial charge in [0.15, 0.2) is 11.5 Å². The molecule has 0 aromatic heterocycles. The molecule has 6 heteroatoms. The Balaban J connectivity index is 1.84. The molecule has 1 aromatic carbocycles. The summed E-state index contributed by atoms with van der Waals surface area (Å²) in [6.45, 7) is 6.10.